The highest BCUT2D eigenvalue weighted by Crippen LogP contribution is 2.24. The minimum absolute atomic E-state index is 0.0533. The van der Waals surface area contributed by atoms with E-state index in [1.807, 2.05) is 27.7 Å². The van der Waals surface area contributed by atoms with Crippen molar-refractivity contribution < 1.29 is 18.3 Å². The van der Waals surface area contributed by atoms with Crippen LogP contribution >= 0.6 is 0 Å². The largest absolute Gasteiger partial charge is 0.460 e. The number of hydrogen-bond acceptors (Lipinski definition) is 3. The smallest absolute Gasteiger partial charge is 0.358 e. The number of halogens is 1. The van der Waals surface area contributed by atoms with Crippen molar-refractivity contribution in [2.24, 2.45) is 11.8 Å². The van der Waals surface area contributed by atoms with Crippen molar-refractivity contribution >= 4 is 17.1 Å². The predicted molar refractivity (Wildman–Crippen MR) is 69.4 cm³/mol. The summed E-state index contributed by atoms with van der Waals surface area (Å²) in [5, 5.41) is 0. The number of aromatic amines is 1. The van der Waals surface area contributed by atoms with Crippen molar-refractivity contribution in [3.05, 3.63) is 23.8 Å². The molecule has 0 spiro atoms. The molecule has 4 nitrogen and oxygen atoms in total. The normalized spacial score (nSPS) is 12.0. The predicted octanol–water partition coefficient (Wildman–Crippen LogP) is 3.74. The lowest BCUT2D eigenvalue weighted by atomic mass is 9.96. The van der Waals surface area contributed by atoms with Crippen molar-refractivity contribution in [1.82, 2.24) is 4.98 Å². The zero-order valence-corrected chi connectivity index (χ0v) is 11.5. The number of esters is 1. The number of fused-ring (bicyclic) bond motifs is 1. The van der Waals surface area contributed by atoms with Crippen LogP contribution in [-0.4, -0.2) is 17.1 Å². The first kappa shape index (κ1) is 13.6. The Morgan fingerprint density at radius 1 is 1.32 bits per heavy atom. The SMILES string of the molecule is CC(C)C(OC(=O)c1[nH]c2ccoc2c1F)C(C)C. The van der Waals surface area contributed by atoms with Gasteiger partial charge in [0.15, 0.2) is 17.1 Å². The summed E-state index contributed by atoms with van der Waals surface area (Å²) in [6.45, 7) is 7.87. The van der Waals surface area contributed by atoms with Crippen molar-refractivity contribution in [3.63, 3.8) is 0 Å². The lowest BCUT2D eigenvalue weighted by molar-refractivity contribution is 0.00225. The van der Waals surface area contributed by atoms with Gasteiger partial charge in [0.1, 0.15) is 6.10 Å². The fourth-order valence-corrected chi connectivity index (χ4v) is 2.25. The van der Waals surface area contributed by atoms with E-state index in [1.54, 1.807) is 6.07 Å². The van der Waals surface area contributed by atoms with Gasteiger partial charge in [-0.25, -0.2) is 9.18 Å². The van der Waals surface area contributed by atoms with Crippen molar-refractivity contribution in [1.29, 1.82) is 0 Å². The Kier molecular flexibility index (Phi) is 3.64. The molecule has 0 amide bonds. The molecule has 2 aromatic rings. The minimum atomic E-state index is -0.698. The molecular formula is C14H18FNO3. The maximum Gasteiger partial charge on any atom is 0.358 e. The van der Waals surface area contributed by atoms with Crippen LogP contribution in [0.25, 0.3) is 11.1 Å². The van der Waals surface area contributed by atoms with Gasteiger partial charge in [-0.05, 0) is 11.8 Å². The third-order valence-electron chi connectivity index (χ3n) is 3.11. The van der Waals surface area contributed by atoms with Gasteiger partial charge in [-0.2, -0.15) is 0 Å². The maximum atomic E-state index is 13.9. The molecule has 2 rings (SSSR count). The molecule has 2 heterocycles. The molecule has 0 aromatic carbocycles. The highest BCUT2D eigenvalue weighted by molar-refractivity contribution is 5.93. The fourth-order valence-electron chi connectivity index (χ4n) is 2.25. The Morgan fingerprint density at radius 3 is 2.47 bits per heavy atom. The third kappa shape index (κ3) is 2.50. The van der Waals surface area contributed by atoms with E-state index >= 15 is 0 Å². The molecule has 0 saturated heterocycles. The number of carbonyl (C=O) groups excluding carboxylic acids is 1. The van der Waals surface area contributed by atoms with E-state index in [-0.39, 0.29) is 29.2 Å². The number of H-pyrrole nitrogens is 1. The molecule has 19 heavy (non-hydrogen) atoms. The van der Waals surface area contributed by atoms with Crippen LogP contribution in [0.5, 0.6) is 0 Å². The summed E-state index contributed by atoms with van der Waals surface area (Å²) >= 11 is 0. The van der Waals surface area contributed by atoms with Crippen molar-refractivity contribution in [2.75, 3.05) is 0 Å². The monoisotopic (exact) mass is 267 g/mol. The van der Waals surface area contributed by atoms with E-state index in [9.17, 15) is 9.18 Å². The van der Waals surface area contributed by atoms with Crippen LogP contribution in [-0.2, 0) is 4.74 Å². The topological polar surface area (TPSA) is 55.2 Å². The van der Waals surface area contributed by atoms with Crippen LogP contribution in [0, 0.1) is 17.7 Å². The second-order valence-electron chi connectivity index (χ2n) is 5.34. The molecule has 0 aliphatic heterocycles. The van der Waals surface area contributed by atoms with Crippen LogP contribution in [0.4, 0.5) is 4.39 Å². The van der Waals surface area contributed by atoms with E-state index < -0.39 is 11.8 Å². The first-order valence-corrected chi connectivity index (χ1v) is 6.37. The average Bonchev–Trinajstić information content (AvgIpc) is 2.88. The fraction of sp³-hybridized carbons (Fsp3) is 0.500. The van der Waals surface area contributed by atoms with Crippen LogP contribution in [0.3, 0.4) is 0 Å². The van der Waals surface area contributed by atoms with Gasteiger partial charge in [-0.3, -0.25) is 0 Å². The standard InChI is InChI=1S/C14H18FNO3/c1-7(2)12(8(3)4)19-14(17)11-10(15)13-9(16-11)5-6-18-13/h5-8,12,16H,1-4H3. The molecule has 1 N–H and O–H groups in total. The molecule has 0 fully saturated rings. The van der Waals surface area contributed by atoms with Gasteiger partial charge >= 0.3 is 5.97 Å². The Labute approximate surface area is 110 Å². The molecule has 0 bridgehead atoms. The van der Waals surface area contributed by atoms with E-state index in [1.165, 1.54) is 6.26 Å². The summed E-state index contributed by atoms with van der Waals surface area (Å²) in [5.74, 6) is -1.04. The summed E-state index contributed by atoms with van der Waals surface area (Å²) in [6, 6.07) is 1.57. The Bertz CT molecular complexity index is 575. The van der Waals surface area contributed by atoms with Crippen LogP contribution < -0.4 is 0 Å². The van der Waals surface area contributed by atoms with Crippen LogP contribution in [0.15, 0.2) is 16.7 Å². The first-order valence-electron chi connectivity index (χ1n) is 6.37. The van der Waals surface area contributed by atoms with Gasteiger partial charge < -0.3 is 14.1 Å². The molecule has 5 heteroatoms. The molecule has 104 valence electrons. The molecule has 0 atom stereocenters. The molecule has 2 aromatic heterocycles. The van der Waals surface area contributed by atoms with Gasteiger partial charge in [0, 0.05) is 6.07 Å². The maximum absolute atomic E-state index is 13.9. The van der Waals surface area contributed by atoms with Gasteiger partial charge in [0.25, 0.3) is 0 Å². The van der Waals surface area contributed by atoms with Gasteiger partial charge in [0.2, 0.25) is 0 Å². The second-order valence-corrected chi connectivity index (χ2v) is 5.34. The average molecular weight is 267 g/mol. The summed E-state index contributed by atoms with van der Waals surface area (Å²) in [5.41, 5.74) is 0.327. The third-order valence-corrected chi connectivity index (χ3v) is 3.11. The summed E-state index contributed by atoms with van der Waals surface area (Å²) in [6.07, 6.45) is 1.12. The van der Waals surface area contributed by atoms with E-state index in [0.717, 1.165) is 0 Å². The highest BCUT2D eigenvalue weighted by Gasteiger charge is 2.27. The van der Waals surface area contributed by atoms with Gasteiger partial charge in [-0.1, -0.05) is 27.7 Å². The summed E-state index contributed by atoms with van der Waals surface area (Å²) < 4.78 is 24.3. The lowest BCUT2D eigenvalue weighted by Gasteiger charge is -2.24. The number of carbonyl (C=O) groups is 1. The Morgan fingerprint density at radius 2 is 1.95 bits per heavy atom. The van der Waals surface area contributed by atoms with E-state index in [0.29, 0.717) is 5.52 Å². The second kappa shape index (κ2) is 5.07. The number of aromatic nitrogens is 1. The molecule has 0 saturated carbocycles. The summed E-state index contributed by atoms with van der Waals surface area (Å²) in [4.78, 5) is 14.7. The van der Waals surface area contributed by atoms with Crippen LogP contribution in [0.1, 0.15) is 38.2 Å². The van der Waals surface area contributed by atoms with Crippen molar-refractivity contribution in [3.8, 4) is 0 Å². The summed E-state index contributed by atoms with van der Waals surface area (Å²) in [7, 11) is 0. The quantitative estimate of drug-likeness (QED) is 0.858. The Hall–Kier alpha value is -1.78. The van der Waals surface area contributed by atoms with E-state index in [2.05, 4.69) is 4.98 Å². The van der Waals surface area contributed by atoms with Gasteiger partial charge in [-0.15, -0.1) is 0 Å². The van der Waals surface area contributed by atoms with Crippen molar-refractivity contribution in [2.45, 2.75) is 33.8 Å². The number of ether oxygens (including phenoxy) is 1. The molecule has 0 radical (unpaired) electrons. The lowest BCUT2D eigenvalue weighted by Crippen LogP contribution is -2.29. The number of rotatable bonds is 4. The zero-order valence-electron chi connectivity index (χ0n) is 11.5. The minimum Gasteiger partial charge on any atom is -0.460 e. The number of nitrogens with one attached hydrogen (secondary N) is 1. The van der Waals surface area contributed by atoms with Gasteiger partial charge in [0.05, 0.1) is 11.8 Å². The van der Waals surface area contributed by atoms with E-state index in [4.69, 9.17) is 9.15 Å². The zero-order chi connectivity index (χ0) is 14.2. The number of hydrogen-bond donors (Lipinski definition) is 1. The molecular weight excluding hydrogens is 249 g/mol. The molecule has 0 aliphatic rings. The number of furan rings is 1. The molecule has 0 aliphatic carbocycles. The Balaban J connectivity index is 2.24. The first-order chi connectivity index (χ1) is 8.91. The molecule has 0 unspecified atom stereocenters. The highest BCUT2D eigenvalue weighted by atomic mass is 19.1. The van der Waals surface area contributed by atoms with Crippen LogP contribution in [0.2, 0.25) is 0 Å².